The molecule has 3 heteroatoms. The predicted molar refractivity (Wildman–Crippen MR) is 69.2 cm³/mol. The summed E-state index contributed by atoms with van der Waals surface area (Å²) in [5.41, 5.74) is 0.780. The minimum atomic E-state index is 0.0123. The molecule has 0 unspecified atom stereocenters. The van der Waals surface area contributed by atoms with Gasteiger partial charge < -0.3 is 0 Å². The lowest BCUT2D eigenvalue weighted by Crippen LogP contribution is -2.20. The molecular formula is C14H12N2O. The number of benzene rings is 2. The van der Waals surface area contributed by atoms with Gasteiger partial charge in [0.25, 0.3) is 5.56 Å². The van der Waals surface area contributed by atoms with Crippen LogP contribution in [-0.2, 0) is 7.05 Å². The maximum Gasteiger partial charge on any atom is 0.261 e. The smallest absolute Gasteiger partial charge is 0.261 e. The third-order valence-corrected chi connectivity index (χ3v) is 3.17. The normalized spacial score (nSPS) is 11.2. The SMILES string of the molecule is Cc1nc2cc3ccccc3cc2c(=O)n1C. The highest BCUT2D eigenvalue weighted by Crippen LogP contribution is 2.19. The van der Waals surface area contributed by atoms with Gasteiger partial charge in [0, 0.05) is 7.05 Å². The Balaban J connectivity index is 2.57. The topological polar surface area (TPSA) is 34.9 Å². The van der Waals surface area contributed by atoms with Gasteiger partial charge in [0.1, 0.15) is 5.82 Å². The number of hydrogen-bond acceptors (Lipinski definition) is 2. The van der Waals surface area contributed by atoms with Crippen molar-refractivity contribution in [2.75, 3.05) is 0 Å². The fourth-order valence-electron chi connectivity index (χ4n) is 2.07. The summed E-state index contributed by atoms with van der Waals surface area (Å²) >= 11 is 0. The summed E-state index contributed by atoms with van der Waals surface area (Å²) in [6.07, 6.45) is 0. The van der Waals surface area contributed by atoms with Crippen molar-refractivity contribution >= 4 is 21.7 Å². The van der Waals surface area contributed by atoms with Crippen LogP contribution in [0, 0.1) is 6.92 Å². The molecular weight excluding hydrogens is 212 g/mol. The number of fused-ring (bicyclic) bond motifs is 2. The highest BCUT2D eigenvalue weighted by atomic mass is 16.1. The second-order valence-corrected chi connectivity index (χ2v) is 4.24. The molecule has 0 amide bonds. The molecule has 2 aromatic carbocycles. The van der Waals surface area contributed by atoms with Gasteiger partial charge >= 0.3 is 0 Å². The minimum absolute atomic E-state index is 0.0123. The summed E-state index contributed by atoms with van der Waals surface area (Å²) in [5.74, 6) is 0.734. The molecule has 0 fully saturated rings. The van der Waals surface area contributed by atoms with E-state index in [4.69, 9.17) is 0 Å². The molecule has 1 heterocycles. The van der Waals surface area contributed by atoms with Crippen LogP contribution >= 0.6 is 0 Å². The molecule has 0 N–H and O–H groups in total. The average molecular weight is 224 g/mol. The van der Waals surface area contributed by atoms with Gasteiger partial charge in [0.15, 0.2) is 0 Å². The highest BCUT2D eigenvalue weighted by molar-refractivity contribution is 5.96. The quantitative estimate of drug-likeness (QED) is 0.549. The Bertz CT molecular complexity index is 787. The molecule has 1 aromatic heterocycles. The lowest BCUT2D eigenvalue weighted by Gasteiger charge is -2.06. The summed E-state index contributed by atoms with van der Waals surface area (Å²) in [7, 11) is 1.75. The summed E-state index contributed by atoms with van der Waals surface area (Å²) in [5, 5.41) is 2.86. The Kier molecular flexibility index (Phi) is 2.01. The summed E-state index contributed by atoms with van der Waals surface area (Å²) < 4.78 is 1.58. The van der Waals surface area contributed by atoms with Gasteiger partial charge in [-0.3, -0.25) is 9.36 Å². The Morgan fingerprint density at radius 2 is 1.76 bits per heavy atom. The van der Waals surface area contributed by atoms with Gasteiger partial charge in [-0.1, -0.05) is 24.3 Å². The fourth-order valence-corrected chi connectivity index (χ4v) is 2.07. The Labute approximate surface area is 98.3 Å². The molecule has 0 bridgehead atoms. The Hall–Kier alpha value is -2.16. The zero-order valence-electron chi connectivity index (χ0n) is 9.77. The lowest BCUT2D eigenvalue weighted by atomic mass is 10.1. The monoisotopic (exact) mass is 224 g/mol. The van der Waals surface area contributed by atoms with Crippen molar-refractivity contribution in [3.8, 4) is 0 Å². The van der Waals surface area contributed by atoms with Gasteiger partial charge in [-0.2, -0.15) is 0 Å². The standard InChI is InChI=1S/C14H12N2O/c1-9-15-13-8-11-6-4-3-5-10(11)7-12(13)14(17)16(9)2/h3-8H,1-2H3. The van der Waals surface area contributed by atoms with E-state index in [2.05, 4.69) is 4.98 Å². The molecule has 3 rings (SSSR count). The van der Waals surface area contributed by atoms with E-state index in [1.165, 1.54) is 0 Å². The van der Waals surface area contributed by atoms with E-state index in [0.29, 0.717) is 5.39 Å². The van der Waals surface area contributed by atoms with Crippen molar-refractivity contribution in [3.63, 3.8) is 0 Å². The van der Waals surface area contributed by atoms with Gasteiger partial charge in [0.2, 0.25) is 0 Å². The molecule has 0 saturated heterocycles. The van der Waals surface area contributed by atoms with Crippen LogP contribution in [0.15, 0.2) is 41.2 Å². The van der Waals surface area contributed by atoms with Crippen molar-refractivity contribution in [2.24, 2.45) is 7.05 Å². The van der Waals surface area contributed by atoms with Crippen LogP contribution in [-0.4, -0.2) is 9.55 Å². The summed E-state index contributed by atoms with van der Waals surface area (Å²) in [4.78, 5) is 16.6. The first kappa shape index (κ1) is 10.0. The molecule has 84 valence electrons. The number of aryl methyl sites for hydroxylation is 1. The summed E-state index contributed by atoms with van der Waals surface area (Å²) in [6, 6.07) is 11.9. The van der Waals surface area contributed by atoms with Crippen molar-refractivity contribution < 1.29 is 0 Å². The lowest BCUT2D eigenvalue weighted by molar-refractivity contribution is 0.793. The van der Waals surface area contributed by atoms with Crippen LogP contribution < -0.4 is 5.56 Å². The third kappa shape index (κ3) is 1.43. The molecule has 3 nitrogen and oxygen atoms in total. The zero-order chi connectivity index (χ0) is 12.0. The van der Waals surface area contributed by atoms with E-state index in [1.54, 1.807) is 11.6 Å². The number of nitrogens with zero attached hydrogens (tertiary/aromatic N) is 2. The van der Waals surface area contributed by atoms with E-state index >= 15 is 0 Å². The van der Waals surface area contributed by atoms with Crippen molar-refractivity contribution in [3.05, 3.63) is 52.6 Å². The fraction of sp³-hybridized carbons (Fsp3) is 0.143. The van der Waals surface area contributed by atoms with Gasteiger partial charge in [0.05, 0.1) is 10.9 Å². The molecule has 3 aromatic rings. The molecule has 0 atom stereocenters. The van der Waals surface area contributed by atoms with Gasteiger partial charge in [-0.25, -0.2) is 4.98 Å². The number of aromatic nitrogens is 2. The van der Waals surface area contributed by atoms with Gasteiger partial charge in [-0.15, -0.1) is 0 Å². The molecule has 0 aliphatic rings. The highest BCUT2D eigenvalue weighted by Gasteiger charge is 2.06. The molecule has 17 heavy (non-hydrogen) atoms. The van der Waals surface area contributed by atoms with Crippen LogP contribution in [0.25, 0.3) is 21.7 Å². The second-order valence-electron chi connectivity index (χ2n) is 4.24. The maximum absolute atomic E-state index is 12.1. The first-order valence-electron chi connectivity index (χ1n) is 5.53. The second kappa shape index (κ2) is 3.42. The van der Waals surface area contributed by atoms with E-state index in [1.807, 2.05) is 43.3 Å². The zero-order valence-corrected chi connectivity index (χ0v) is 9.77. The molecule has 0 radical (unpaired) electrons. The minimum Gasteiger partial charge on any atom is -0.299 e. The molecule has 0 aliphatic carbocycles. The maximum atomic E-state index is 12.1. The van der Waals surface area contributed by atoms with E-state index in [9.17, 15) is 4.79 Å². The summed E-state index contributed by atoms with van der Waals surface area (Å²) in [6.45, 7) is 1.84. The van der Waals surface area contributed by atoms with Gasteiger partial charge in [-0.05, 0) is 29.8 Å². The van der Waals surface area contributed by atoms with Crippen LogP contribution in [0.3, 0.4) is 0 Å². The van der Waals surface area contributed by atoms with E-state index in [0.717, 1.165) is 22.1 Å². The van der Waals surface area contributed by atoms with Crippen molar-refractivity contribution in [1.29, 1.82) is 0 Å². The average Bonchev–Trinajstić information content (AvgIpc) is 2.34. The predicted octanol–water partition coefficient (Wildman–Crippen LogP) is 2.40. The molecule has 0 spiro atoms. The largest absolute Gasteiger partial charge is 0.299 e. The number of rotatable bonds is 0. The first-order valence-corrected chi connectivity index (χ1v) is 5.53. The van der Waals surface area contributed by atoms with Crippen LogP contribution in [0.5, 0.6) is 0 Å². The molecule has 0 aliphatic heterocycles. The molecule has 0 saturated carbocycles. The van der Waals surface area contributed by atoms with E-state index < -0.39 is 0 Å². The van der Waals surface area contributed by atoms with Crippen LogP contribution in [0.4, 0.5) is 0 Å². The Morgan fingerprint density at radius 1 is 1.12 bits per heavy atom. The Morgan fingerprint density at radius 3 is 2.47 bits per heavy atom. The van der Waals surface area contributed by atoms with E-state index in [-0.39, 0.29) is 5.56 Å². The van der Waals surface area contributed by atoms with Crippen molar-refractivity contribution in [1.82, 2.24) is 9.55 Å². The number of hydrogen-bond donors (Lipinski definition) is 0. The van der Waals surface area contributed by atoms with Crippen LogP contribution in [0.1, 0.15) is 5.82 Å². The van der Waals surface area contributed by atoms with Crippen molar-refractivity contribution in [2.45, 2.75) is 6.92 Å². The third-order valence-electron chi connectivity index (χ3n) is 3.17. The van der Waals surface area contributed by atoms with Crippen LogP contribution in [0.2, 0.25) is 0 Å². The first-order chi connectivity index (χ1) is 8.16.